The first-order valence-electron chi connectivity index (χ1n) is 9.03. The number of nitrogens with zero attached hydrogens (tertiary/aromatic N) is 3. The summed E-state index contributed by atoms with van der Waals surface area (Å²) in [6.07, 6.45) is 0. The zero-order valence-electron chi connectivity index (χ0n) is 15.5. The number of rotatable bonds is 3. The Morgan fingerprint density at radius 3 is 2.79 bits per heavy atom. The summed E-state index contributed by atoms with van der Waals surface area (Å²) in [6, 6.07) is 14.0. The van der Waals surface area contributed by atoms with Crippen molar-refractivity contribution in [2.24, 2.45) is 0 Å². The second-order valence-electron chi connectivity index (χ2n) is 6.89. The highest BCUT2D eigenvalue weighted by molar-refractivity contribution is 7.98. The van der Waals surface area contributed by atoms with Gasteiger partial charge in [0.2, 0.25) is 0 Å². The molecule has 0 aliphatic carbocycles. The van der Waals surface area contributed by atoms with Crippen LogP contribution in [0.4, 0.5) is 5.82 Å². The predicted octanol–water partition coefficient (Wildman–Crippen LogP) is 5.10. The highest BCUT2D eigenvalue weighted by Gasteiger charge is 2.26. The maximum absolute atomic E-state index is 13.0. The first kappa shape index (κ1) is 17.5. The largest absolute Gasteiger partial charge is 0.304 e. The normalized spacial score (nSPS) is 13.1. The van der Waals surface area contributed by atoms with Crippen LogP contribution < -0.4 is 5.32 Å². The summed E-state index contributed by atoms with van der Waals surface area (Å²) >= 11 is 3.23. The van der Waals surface area contributed by atoms with Gasteiger partial charge in [-0.3, -0.25) is 4.79 Å². The van der Waals surface area contributed by atoms with Gasteiger partial charge >= 0.3 is 0 Å². The van der Waals surface area contributed by atoms with Gasteiger partial charge < -0.3 is 5.32 Å². The Morgan fingerprint density at radius 2 is 1.96 bits per heavy atom. The van der Waals surface area contributed by atoms with Crippen molar-refractivity contribution < 1.29 is 4.79 Å². The fourth-order valence-corrected chi connectivity index (χ4v) is 5.21. The van der Waals surface area contributed by atoms with E-state index in [1.807, 2.05) is 46.8 Å². The molecule has 1 aliphatic rings. The Balaban J connectivity index is 1.55. The Kier molecular flexibility index (Phi) is 4.21. The third kappa shape index (κ3) is 2.91. The second kappa shape index (κ2) is 6.76. The molecule has 28 heavy (non-hydrogen) atoms. The van der Waals surface area contributed by atoms with Crippen LogP contribution in [0.1, 0.15) is 32.2 Å². The summed E-state index contributed by atoms with van der Waals surface area (Å²) in [7, 11) is 0. The van der Waals surface area contributed by atoms with Gasteiger partial charge in [0.25, 0.3) is 5.91 Å². The summed E-state index contributed by atoms with van der Waals surface area (Å²) in [6.45, 7) is 4.18. The number of anilines is 1. The van der Waals surface area contributed by atoms with Crippen LogP contribution in [-0.2, 0) is 11.5 Å². The van der Waals surface area contributed by atoms with E-state index in [4.69, 9.17) is 5.10 Å². The monoisotopic (exact) mass is 406 g/mol. The first-order chi connectivity index (χ1) is 13.6. The molecular weight excluding hydrogens is 388 g/mol. The molecule has 0 fully saturated rings. The average molecular weight is 407 g/mol. The van der Waals surface area contributed by atoms with E-state index in [0.29, 0.717) is 5.01 Å². The molecule has 3 heterocycles. The number of aryl methyl sites for hydroxylation is 2. The molecule has 0 radical (unpaired) electrons. The van der Waals surface area contributed by atoms with Crippen molar-refractivity contribution in [2.45, 2.75) is 25.4 Å². The summed E-state index contributed by atoms with van der Waals surface area (Å²) in [5, 5.41) is 8.35. The summed E-state index contributed by atoms with van der Waals surface area (Å²) < 4.78 is 2.87. The molecule has 1 aliphatic heterocycles. The highest BCUT2D eigenvalue weighted by atomic mass is 32.2. The third-order valence-corrected chi connectivity index (χ3v) is 7.01. The average Bonchev–Trinajstić information content (AvgIpc) is 3.39. The van der Waals surface area contributed by atoms with E-state index in [9.17, 15) is 4.79 Å². The van der Waals surface area contributed by atoms with Crippen LogP contribution in [0.25, 0.3) is 15.9 Å². The zero-order chi connectivity index (χ0) is 19.3. The van der Waals surface area contributed by atoms with Crippen molar-refractivity contribution in [3.63, 3.8) is 0 Å². The van der Waals surface area contributed by atoms with Crippen LogP contribution >= 0.6 is 23.1 Å². The van der Waals surface area contributed by atoms with Crippen LogP contribution in [0.15, 0.2) is 42.5 Å². The van der Waals surface area contributed by atoms with Crippen molar-refractivity contribution in [1.82, 2.24) is 14.8 Å². The van der Waals surface area contributed by atoms with Gasteiger partial charge in [-0.15, -0.1) is 11.3 Å². The number of carbonyl (C=O) groups is 1. The lowest BCUT2D eigenvalue weighted by Gasteiger charge is -2.11. The quantitative estimate of drug-likeness (QED) is 0.514. The molecule has 4 aromatic rings. The molecule has 1 N–H and O–H groups in total. The zero-order valence-corrected chi connectivity index (χ0v) is 17.2. The summed E-state index contributed by atoms with van der Waals surface area (Å²) in [4.78, 5) is 17.5. The van der Waals surface area contributed by atoms with E-state index in [1.165, 1.54) is 22.5 Å². The van der Waals surface area contributed by atoms with Crippen molar-refractivity contribution in [3.05, 3.63) is 69.9 Å². The van der Waals surface area contributed by atoms with Gasteiger partial charge in [0.15, 0.2) is 5.01 Å². The van der Waals surface area contributed by atoms with Crippen LogP contribution in [0.3, 0.4) is 0 Å². The third-order valence-electron chi connectivity index (χ3n) is 5.01. The number of aromatic nitrogens is 3. The SMILES string of the molecule is Cc1ccc(-n2nc3c(c2NC(=O)c2nc4ccccc4s2)CSC3)cc1C. The number of thioether (sulfide) groups is 1. The van der Waals surface area contributed by atoms with Gasteiger partial charge in [-0.25, -0.2) is 9.67 Å². The molecule has 2 aromatic carbocycles. The smallest absolute Gasteiger partial charge is 0.285 e. The Labute approximate surface area is 170 Å². The number of hydrogen-bond acceptors (Lipinski definition) is 5. The van der Waals surface area contributed by atoms with Crippen LogP contribution in [0.5, 0.6) is 0 Å². The number of fused-ring (bicyclic) bond motifs is 2. The molecule has 0 spiro atoms. The van der Waals surface area contributed by atoms with E-state index in [0.717, 1.165) is 44.5 Å². The van der Waals surface area contributed by atoms with E-state index in [1.54, 1.807) is 0 Å². The lowest BCUT2D eigenvalue weighted by Crippen LogP contribution is -2.16. The molecule has 1 amide bonds. The minimum absolute atomic E-state index is 0.189. The molecule has 7 heteroatoms. The maximum atomic E-state index is 13.0. The number of para-hydroxylation sites is 1. The Morgan fingerprint density at radius 1 is 1.11 bits per heavy atom. The predicted molar refractivity (Wildman–Crippen MR) is 116 cm³/mol. The summed E-state index contributed by atoms with van der Waals surface area (Å²) in [5.74, 6) is 2.30. The van der Waals surface area contributed by atoms with Gasteiger partial charge in [-0.05, 0) is 49.2 Å². The molecule has 5 nitrogen and oxygen atoms in total. The fourth-order valence-electron chi connectivity index (χ4n) is 3.32. The molecule has 140 valence electrons. The second-order valence-corrected chi connectivity index (χ2v) is 8.90. The minimum atomic E-state index is -0.189. The molecular formula is C21H18N4OS2. The Hall–Kier alpha value is -2.64. The number of amides is 1. The molecule has 0 atom stereocenters. The fraction of sp³-hybridized carbons (Fsp3) is 0.190. The Bertz CT molecular complexity index is 1190. The van der Waals surface area contributed by atoms with Gasteiger partial charge in [-0.2, -0.15) is 16.9 Å². The number of carbonyl (C=O) groups excluding carboxylic acids is 1. The maximum Gasteiger partial charge on any atom is 0.285 e. The summed E-state index contributed by atoms with van der Waals surface area (Å²) in [5.41, 5.74) is 6.40. The highest BCUT2D eigenvalue weighted by Crippen LogP contribution is 2.36. The topological polar surface area (TPSA) is 59.8 Å². The molecule has 0 saturated heterocycles. The first-order valence-corrected chi connectivity index (χ1v) is 11.0. The molecule has 2 aromatic heterocycles. The van der Waals surface area contributed by atoms with Crippen LogP contribution in [0.2, 0.25) is 0 Å². The van der Waals surface area contributed by atoms with E-state index in [-0.39, 0.29) is 5.91 Å². The lowest BCUT2D eigenvalue weighted by molar-refractivity contribution is 0.102. The van der Waals surface area contributed by atoms with Gasteiger partial charge in [0.1, 0.15) is 5.82 Å². The van der Waals surface area contributed by atoms with Crippen molar-refractivity contribution in [2.75, 3.05) is 5.32 Å². The standard InChI is InChI=1S/C21H18N4OS2/c1-12-7-8-14(9-13(12)2)25-19(15-10-27-11-17(15)24-25)23-20(26)21-22-16-5-3-4-6-18(16)28-21/h3-9H,10-11H2,1-2H3,(H,23,26). The number of thiazole rings is 1. The van der Waals surface area contributed by atoms with Crippen molar-refractivity contribution in [1.29, 1.82) is 0 Å². The van der Waals surface area contributed by atoms with Gasteiger partial charge in [-0.1, -0.05) is 18.2 Å². The molecule has 0 unspecified atom stereocenters. The minimum Gasteiger partial charge on any atom is -0.304 e. The molecule has 0 saturated carbocycles. The van der Waals surface area contributed by atoms with Gasteiger partial charge in [0.05, 0.1) is 21.6 Å². The number of benzene rings is 2. The van der Waals surface area contributed by atoms with Crippen LogP contribution in [0, 0.1) is 13.8 Å². The van der Waals surface area contributed by atoms with E-state index >= 15 is 0 Å². The number of hydrogen-bond donors (Lipinski definition) is 1. The molecule has 5 rings (SSSR count). The van der Waals surface area contributed by atoms with Gasteiger partial charge in [0, 0.05) is 17.1 Å². The molecule has 0 bridgehead atoms. The van der Waals surface area contributed by atoms with Crippen molar-refractivity contribution >= 4 is 45.0 Å². The number of nitrogens with one attached hydrogen (secondary N) is 1. The van der Waals surface area contributed by atoms with E-state index in [2.05, 4.69) is 36.3 Å². The lowest BCUT2D eigenvalue weighted by atomic mass is 10.1. The van der Waals surface area contributed by atoms with Crippen LogP contribution in [-0.4, -0.2) is 20.7 Å². The van der Waals surface area contributed by atoms with Crippen molar-refractivity contribution in [3.8, 4) is 5.69 Å². The van der Waals surface area contributed by atoms with E-state index < -0.39 is 0 Å².